The summed E-state index contributed by atoms with van der Waals surface area (Å²) in [6.07, 6.45) is 3.13. The van der Waals surface area contributed by atoms with E-state index in [-0.39, 0.29) is 5.91 Å². The van der Waals surface area contributed by atoms with Crippen LogP contribution in [-0.2, 0) is 4.79 Å². The molecule has 0 unspecified atom stereocenters. The maximum atomic E-state index is 12.0. The van der Waals surface area contributed by atoms with Gasteiger partial charge in [-0.3, -0.25) is 4.79 Å². The van der Waals surface area contributed by atoms with Gasteiger partial charge in [0.25, 0.3) is 0 Å². The van der Waals surface area contributed by atoms with Crippen LogP contribution in [0.2, 0.25) is 0 Å². The van der Waals surface area contributed by atoms with Crippen molar-refractivity contribution in [3.63, 3.8) is 0 Å². The van der Waals surface area contributed by atoms with E-state index in [1.807, 2.05) is 85.7 Å². The highest BCUT2D eigenvalue weighted by Crippen LogP contribution is 2.22. The summed E-state index contributed by atoms with van der Waals surface area (Å²) in [5.74, 6) is 1.21. The average molecular weight is 332 g/mol. The van der Waals surface area contributed by atoms with Gasteiger partial charge in [-0.05, 0) is 42.5 Å². The van der Waals surface area contributed by atoms with Crippen LogP contribution in [0.4, 0.5) is 11.4 Å². The summed E-state index contributed by atoms with van der Waals surface area (Å²) in [6, 6.07) is 21.3. The molecular formula is C21H20N2O2. The molecule has 4 heteroatoms. The first kappa shape index (κ1) is 16.6. The van der Waals surface area contributed by atoms with Crippen LogP contribution in [-0.4, -0.2) is 20.0 Å². The molecule has 0 aliphatic heterocycles. The standard InChI is InChI=1S/C21H20N2O2/c1-23(2)18-10-8-17(9-11-18)22-21(24)15-13-19-12-14-20(25-19)16-6-4-3-5-7-16/h3-15H,1-2H3,(H,22,24). The number of nitrogens with zero attached hydrogens (tertiary/aromatic N) is 1. The maximum absolute atomic E-state index is 12.0. The average Bonchev–Trinajstić information content (AvgIpc) is 3.10. The van der Waals surface area contributed by atoms with Crippen molar-refractivity contribution in [2.24, 2.45) is 0 Å². The van der Waals surface area contributed by atoms with Crippen molar-refractivity contribution < 1.29 is 9.21 Å². The minimum absolute atomic E-state index is 0.199. The van der Waals surface area contributed by atoms with Gasteiger partial charge >= 0.3 is 0 Å². The van der Waals surface area contributed by atoms with Crippen molar-refractivity contribution in [3.8, 4) is 11.3 Å². The number of carbonyl (C=O) groups is 1. The van der Waals surface area contributed by atoms with Crippen LogP contribution >= 0.6 is 0 Å². The Balaban J connectivity index is 1.62. The molecule has 0 fully saturated rings. The predicted octanol–water partition coefficient (Wildman–Crippen LogP) is 4.66. The molecule has 1 aromatic heterocycles. The van der Waals surface area contributed by atoms with E-state index in [2.05, 4.69) is 5.32 Å². The molecule has 4 nitrogen and oxygen atoms in total. The second-order valence-corrected chi connectivity index (χ2v) is 5.83. The summed E-state index contributed by atoms with van der Waals surface area (Å²) in [7, 11) is 3.95. The van der Waals surface area contributed by atoms with E-state index in [1.54, 1.807) is 6.08 Å². The van der Waals surface area contributed by atoms with Gasteiger partial charge in [0.05, 0.1) is 0 Å². The third kappa shape index (κ3) is 4.38. The van der Waals surface area contributed by atoms with E-state index in [9.17, 15) is 4.79 Å². The third-order valence-electron chi connectivity index (χ3n) is 3.74. The van der Waals surface area contributed by atoms with Crippen LogP contribution in [0.15, 0.2) is 77.2 Å². The lowest BCUT2D eigenvalue weighted by Gasteiger charge is -2.12. The summed E-state index contributed by atoms with van der Waals surface area (Å²) in [5, 5.41) is 2.83. The summed E-state index contributed by atoms with van der Waals surface area (Å²) >= 11 is 0. The van der Waals surface area contributed by atoms with Crippen LogP contribution in [0.1, 0.15) is 5.76 Å². The van der Waals surface area contributed by atoms with Gasteiger partial charge in [-0.2, -0.15) is 0 Å². The largest absolute Gasteiger partial charge is 0.457 e. The number of rotatable bonds is 5. The minimum Gasteiger partial charge on any atom is -0.457 e. The predicted molar refractivity (Wildman–Crippen MR) is 103 cm³/mol. The molecular weight excluding hydrogens is 312 g/mol. The Labute approximate surface area is 147 Å². The molecule has 25 heavy (non-hydrogen) atoms. The molecule has 0 atom stereocenters. The van der Waals surface area contributed by atoms with E-state index >= 15 is 0 Å². The Morgan fingerprint density at radius 2 is 1.68 bits per heavy atom. The zero-order valence-corrected chi connectivity index (χ0v) is 14.3. The van der Waals surface area contributed by atoms with Crippen molar-refractivity contribution >= 4 is 23.4 Å². The topological polar surface area (TPSA) is 45.5 Å². The van der Waals surface area contributed by atoms with Gasteiger partial charge in [-0.25, -0.2) is 0 Å². The van der Waals surface area contributed by atoms with Gasteiger partial charge in [0.1, 0.15) is 11.5 Å². The third-order valence-corrected chi connectivity index (χ3v) is 3.74. The van der Waals surface area contributed by atoms with Gasteiger partial charge in [-0.15, -0.1) is 0 Å². The number of carbonyl (C=O) groups excluding carboxylic acids is 1. The van der Waals surface area contributed by atoms with Crippen LogP contribution in [0, 0.1) is 0 Å². The van der Waals surface area contributed by atoms with Crippen LogP contribution in [0.5, 0.6) is 0 Å². The zero-order valence-electron chi connectivity index (χ0n) is 14.3. The van der Waals surface area contributed by atoms with E-state index < -0.39 is 0 Å². The van der Waals surface area contributed by atoms with Crippen molar-refractivity contribution in [2.45, 2.75) is 0 Å². The number of nitrogens with one attached hydrogen (secondary N) is 1. The highest BCUT2D eigenvalue weighted by atomic mass is 16.3. The quantitative estimate of drug-likeness (QED) is 0.691. The molecule has 0 aliphatic carbocycles. The van der Waals surface area contributed by atoms with Gasteiger partial charge in [0, 0.05) is 37.1 Å². The van der Waals surface area contributed by atoms with Crippen molar-refractivity contribution in [1.29, 1.82) is 0 Å². The SMILES string of the molecule is CN(C)c1ccc(NC(=O)C=Cc2ccc(-c3ccccc3)o2)cc1. The number of anilines is 2. The van der Waals surface area contributed by atoms with Crippen LogP contribution < -0.4 is 10.2 Å². The van der Waals surface area contributed by atoms with Crippen LogP contribution in [0.25, 0.3) is 17.4 Å². The van der Waals surface area contributed by atoms with E-state index in [0.717, 1.165) is 22.7 Å². The van der Waals surface area contributed by atoms with Crippen molar-refractivity contribution in [3.05, 3.63) is 78.6 Å². The van der Waals surface area contributed by atoms with Gasteiger partial charge < -0.3 is 14.6 Å². The number of benzene rings is 2. The summed E-state index contributed by atoms with van der Waals surface area (Å²) in [5.41, 5.74) is 2.84. The van der Waals surface area contributed by atoms with Gasteiger partial charge in [0.2, 0.25) is 5.91 Å². The minimum atomic E-state index is -0.199. The molecule has 126 valence electrons. The monoisotopic (exact) mass is 332 g/mol. The Morgan fingerprint density at radius 1 is 0.960 bits per heavy atom. The number of hydrogen-bond donors (Lipinski definition) is 1. The fraction of sp³-hybridized carbons (Fsp3) is 0.0952. The lowest BCUT2D eigenvalue weighted by atomic mass is 10.2. The lowest BCUT2D eigenvalue weighted by Crippen LogP contribution is -2.10. The first-order chi connectivity index (χ1) is 12.1. The molecule has 0 aliphatic rings. The molecule has 0 spiro atoms. The number of furan rings is 1. The molecule has 1 heterocycles. The van der Waals surface area contributed by atoms with Gasteiger partial charge in [-0.1, -0.05) is 30.3 Å². The van der Waals surface area contributed by atoms with Gasteiger partial charge in [0.15, 0.2) is 0 Å². The molecule has 3 rings (SSSR count). The summed E-state index contributed by atoms with van der Waals surface area (Å²) in [4.78, 5) is 14.0. The molecule has 2 aromatic carbocycles. The Morgan fingerprint density at radius 3 is 2.36 bits per heavy atom. The summed E-state index contributed by atoms with van der Waals surface area (Å²) in [6.45, 7) is 0. The molecule has 0 saturated carbocycles. The molecule has 3 aromatic rings. The van der Waals surface area contributed by atoms with E-state index in [4.69, 9.17) is 4.42 Å². The molecule has 1 amide bonds. The molecule has 0 radical (unpaired) electrons. The maximum Gasteiger partial charge on any atom is 0.248 e. The second kappa shape index (κ2) is 7.53. The highest BCUT2D eigenvalue weighted by Gasteiger charge is 2.03. The Hall–Kier alpha value is -3.27. The number of hydrogen-bond acceptors (Lipinski definition) is 3. The highest BCUT2D eigenvalue weighted by molar-refractivity contribution is 6.01. The molecule has 1 N–H and O–H groups in total. The fourth-order valence-electron chi connectivity index (χ4n) is 2.38. The van der Waals surface area contributed by atoms with E-state index in [0.29, 0.717) is 5.76 Å². The number of amides is 1. The summed E-state index contributed by atoms with van der Waals surface area (Å²) < 4.78 is 5.74. The smallest absolute Gasteiger partial charge is 0.248 e. The molecule has 0 bridgehead atoms. The first-order valence-electron chi connectivity index (χ1n) is 8.03. The fourth-order valence-corrected chi connectivity index (χ4v) is 2.38. The Kier molecular flexibility index (Phi) is 5.00. The zero-order chi connectivity index (χ0) is 17.6. The first-order valence-corrected chi connectivity index (χ1v) is 8.03. The normalized spacial score (nSPS) is 10.8. The lowest BCUT2D eigenvalue weighted by molar-refractivity contribution is -0.111. The Bertz CT molecular complexity index is 862. The van der Waals surface area contributed by atoms with Crippen molar-refractivity contribution in [1.82, 2.24) is 0 Å². The second-order valence-electron chi connectivity index (χ2n) is 5.83. The van der Waals surface area contributed by atoms with E-state index in [1.165, 1.54) is 6.08 Å². The van der Waals surface area contributed by atoms with Crippen LogP contribution in [0.3, 0.4) is 0 Å². The van der Waals surface area contributed by atoms with Crippen molar-refractivity contribution in [2.75, 3.05) is 24.3 Å². The molecule has 0 saturated heterocycles.